The summed E-state index contributed by atoms with van der Waals surface area (Å²) in [4.78, 5) is 29.8. The van der Waals surface area contributed by atoms with Gasteiger partial charge >= 0.3 is 0 Å². The average molecular weight is 384 g/mol. The molecule has 132 valence electrons. The standard InChI is InChI=1S/C17H16N6OS2/c18-11-10-13-19-4-8-23(13)14(16-20-5-9-25-16)21-15(10)26-12(11)17(24)22-6-2-1-3-7-22/h4-5,8-9H,1-3,6-7,18H2. The zero-order chi connectivity index (χ0) is 17.7. The van der Waals surface area contributed by atoms with Gasteiger partial charge in [0, 0.05) is 37.1 Å². The third kappa shape index (κ3) is 2.31. The molecule has 0 radical (unpaired) electrons. The minimum absolute atomic E-state index is 0.00528. The lowest BCUT2D eigenvalue weighted by molar-refractivity contribution is 0.0730. The molecule has 0 spiro atoms. The molecule has 2 N–H and O–H groups in total. The number of hydrogen-bond donors (Lipinski definition) is 1. The quantitative estimate of drug-likeness (QED) is 0.573. The molecule has 7 nitrogen and oxygen atoms in total. The largest absolute Gasteiger partial charge is 0.397 e. The van der Waals surface area contributed by atoms with Crippen LogP contribution < -0.4 is 5.73 Å². The topological polar surface area (TPSA) is 89.4 Å². The van der Waals surface area contributed by atoms with Crippen LogP contribution in [-0.4, -0.2) is 43.2 Å². The number of nitrogens with two attached hydrogens (primary N) is 1. The molecule has 0 atom stereocenters. The number of carbonyl (C=O) groups excluding carboxylic acids is 1. The number of hydrogen-bond acceptors (Lipinski definition) is 7. The van der Waals surface area contributed by atoms with Gasteiger partial charge in [-0.05, 0) is 19.3 Å². The lowest BCUT2D eigenvalue weighted by Gasteiger charge is -2.26. The fourth-order valence-corrected chi connectivity index (χ4v) is 5.10. The number of thiophene rings is 1. The van der Waals surface area contributed by atoms with Crippen molar-refractivity contribution in [1.29, 1.82) is 0 Å². The number of fused-ring (bicyclic) bond motifs is 3. The number of nitrogen functional groups attached to an aromatic ring is 1. The second-order valence-corrected chi connectivity index (χ2v) is 8.17. The Morgan fingerprint density at radius 2 is 2.00 bits per heavy atom. The Kier molecular flexibility index (Phi) is 3.64. The van der Waals surface area contributed by atoms with E-state index >= 15 is 0 Å². The van der Waals surface area contributed by atoms with Crippen molar-refractivity contribution < 1.29 is 4.79 Å². The fourth-order valence-electron chi connectivity index (χ4n) is 3.42. The average Bonchev–Trinajstić information content (AvgIpc) is 3.41. The van der Waals surface area contributed by atoms with Crippen molar-refractivity contribution in [2.45, 2.75) is 19.3 Å². The van der Waals surface area contributed by atoms with Gasteiger partial charge in [-0.15, -0.1) is 22.7 Å². The molecule has 0 aliphatic carbocycles. The number of carbonyl (C=O) groups is 1. The molecule has 4 aromatic heterocycles. The monoisotopic (exact) mass is 384 g/mol. The Bertz CT molecular complexity index is 1110. The van der Waals surface area contributed by atoms with Crippen LogP contribution in [0.4, 0.5) is 5.69 Å². The van der Waals surface area contributed by atoms with Crippen molar-refractivity contribution in [2.75, 3.05) is 18.8 Å². The number of likely N-dealkylation sites (tertiary alicyclic amines) is 1. The van der Waals surface area contributed by atoms with Gasteiger partial charge in [-0.1, -0.05) is 0 Å². The van der Waals surface area contributed by atoms with Crippen molar-refractivity contribution in [2.24, 2.45) is 0 Å². The molecule has 0 saturated carbocycles. The summed E-state index contributed by atoms with van der Waals surface area (Å²) < 4.78 is 1.89. The number of thiazole rings is 1. The smallest absolute Gasteiger partial charge is 0.266 e. The summed E-state index contributed by atoms with van der Waals surface area (Å²) in [7, 11) is 0. The van der Waals surface area contributed by atoms with Crippen molar-refractivity contribution in [3.05, 3.63) is 28.8 Å². The van der Waals surface area contributed by atoms with Gasteiger partial charge in [0.2, 0.25) is 0 Å². The lowest BCUT2D eigenvalue weighted by Crippen LogP contribution is -2.35. The molecule has 1 aliphatic heterocycles. The Balaban J connectivity index is 1.71. The van der Waals surface area contributed by atoms with Crippen LogP contribution in [0.1, 0.15) is 28.9 Å². The van der Waals surface area contributed by atoms with Crippen molar-refractivity contribution in [3.8, 4) is 10.8 Å². The van der Waals surface area contributed by atoms with Gasteiger partial charge in [-0.2, -0.15) is 0 Å². The molecular formula is C17H16N6OS2. The van der Waals surface area contributed by atoms with Gasteiger partial charge in [0.05, 0.1) is 11.1 Å². The normalized spacial score (nSPS) is 15.2. The zero-order valence-electron chi connectivity index (χ0n) is 13.9. The highest BCUT2D eigenvalue weighted by atomic mass is 32.1. The van der Waals surface area contributed by atoms with E-state index in [0.717, 1.165) is 47.0 Å². The summed E-state index contributed by atoms with van der Waals surface area (Å²) in [5.74, 6) is 0.726. The maximum Gasteiger partial charge on any atom is 0.266 e. The summed E-state index contributed by atoms with van der Waals surface area (Å²) >= 11 is 2.87. The van der Waals surface area contributed by atoms with Crippen LogP contribution in [-0.2, 0) is 0 Å². The molecule has 5 heterocycles. The Hall–Kier alpha value is -2.52. The molecule has 26 heavy (non-hydrogen) atoms. The molecule has 5 rings (SSSR count). The van der Waals surface area contributed by atoms with Crippen LogP contribution in [0.2, 0.25) is 0 Å². The maximum atomic E-state index is 13.0. The van der Waals surface area contributed by atoms with E-state index in [0.29, 0.717) is 16.2 Å². The fraction of sp³-hybridized carbons (Fsp3) is 0.294. The molecule has 0 aromatic carbocycles. The molecule has 1 amide bonds. The molecule has 1 saturated heterocycles. The first-order chi connectivity index (χ1) is 12.7. The Morgan fingerprint density at radius 1 is 1.15 bits per heavy atom. The highest BCUT2D eigenvalue weighted by Crippen LogP contribution is 2.38. The summed E-state index contributed by atoms with van der Waals surface area (Å²) in [6.45, 7) is 1.59. The number of rotatable bonds is 2. The molecule has 9 heteroatoms. The van der Waals surface area contributed by atoms with Crippen LogP contribution in [0.25, 0.3) is 26.7 Å². The summed E-state index contributed by atoms with van der Waals surface area (Å²) in [6, 6.07) is 0. The van der Waals surface area contributed by atoms with E-state index in [1.54, 1.807) is 12.4 Å². The van der Waals surface area contributed by atoms with Gasteiger partial charge in [-0.3, -0.25) is 9.20 Å². The van der Waals surface area contributed by atoms with Gasteiger partial charge in [0.15, 0.2) is 16.5 Å². The van der Waals surface area contributed by atoms with Crippen LogP contribution in [0.3, 0.4) is 0 Å². The predicted octanol–water partition coefficient (Wildman–Crippen LogP) is 3.28. The van der Waals surface area contributed by atoms with Gasteiger partial charge in [0.25, 0.3) is 5.91 Å². The van der Waals surface area contributed by atoms with E-state index in [1.807, 2.05) is 20.9 Å². The van der Waals surface area contributed by atoms with E-state index in [4.69, 9.17) is 10.7 Å². The summed E-state index contributed by atoms with van der Waals surface area (Å²) in [5.41, 5.74) is 7.59. The highest BCUT2D eigenvalue weighted by molar-refractivity contribution is 7.21. The number of anilines is 1. The second kappa shape index (κ2) is 6.03. The Labute approximate surface area is 157 Å². The third-order valence-electron chi connectivity index (χ3n) is 4.69. The van der Waals surface area contributed by atoms with Crippen molar-refractivity contribution >= 4 is 50.1 Å². The third-order valence-corrected chi connectivity index (χ3v) is 6.54. The number of nitrogens with zero attached hydrogens (tertiary/aromatic N) is 5. The van der Waals surface area contributed by atoms with E-state index in [2.05, 4.69) is 9.97 Å². The van der Waals surface area contributed by atoms with Crippen LogP contribution >= 0.6 is 22.7 Å². The second-order valence-electron chi connectivity index (χ2n) is 6.27. The summed E-state index contributed by atoms with van der Waals surface area (Å²) in [6.07, 6.45) is 8.60. The number of imidazole rings is 1. The molecular weight excluding hydrogens is 368 g/mol. The molecule has 4 aromatic rings. The number of aromatic nitrogens is 4. The first-order valence-corrected chi connectivity index (χ1v) is 10.2. The minimum atomic E-state index is 0.00528. The molecule has 1 aliphatic rings. The lowest BCUT2D eigenvalue weighted by atomic mass is 10.1. The first-order valence-electron chi connectivity index (χ1n) is 8.48. The highest BCUT2D eigenvalue weighted by Gasteiger charge is 2.26. The van der Waals surface area contributed by atoms with Crippen molar-refractivity contribution in [1.82, 2.24) is 24.3 Å². The predicted molar refractivity (Wildman–Crippen MR) is 104 cm³/mol. The number of amides is 1. The van der Waals surface area contributed by atoms with E-state index in [9.17, 15) is 4.79 Å². The van der Waals surface area contributed by atoms with E-state index in [1.165, 1.54) is 29.1 Å². The minimum Gasteiger partial charge on any atom is -0.397 e. The van der Waals surface area contributed by atoms with Crippen molar-refractivity contribution in [3.63, 3.8) is 0 Å². The maximum absolute atomic E-state index is 13.0. The first kappa shape index (κ1) is 15.7. The van der Waals surface area contributed by atoms with Crippen LogP contribution in [0, 0.1) is 0 Å². The van der Waals surface area contributed by atoms with Crippen LogP contribution in [0.15, 0.2) is 24.0 Å². The van der Waals surface area contributed by atoms with Gasteiger partial charge in [0.1, 0.15) is 9.71 Å². The summed E-state index contributed by atoms with van der Waals surface area (Å²) in [5, 5.41) is 3.48. The SMILES string of the molecule is Nc1c(C(=O)N2CCCCC2)sc2nc(-c3nccs3)n3ccnc3c12. The van der Waals surface area contributed by atoms with E-state index in [-0.39, 0.29) is 5.91 Å². The van der Waals surface area contributed by atoms with Gasteiger partial charge < -0.3 is 10.6 Å². The Morgan fingerprint density at radius 3 is 2.77 bits per heavy atom. The van der Waals surface area contributed by atoms with Gasteiger partial charge in [-0.25, -0.2) is 15.0 Å². The zero-order valence-corrected chi connectivity index (χ0v) is 15.5. The molecule has 0 unspecified atom stereocenters. The van der Waals surface area contributed by atoms with E-state index < -0.39 is 0 Å². The number of piperidine rings is 1. The molecule has 0 bridgehead atoms. The molecule has 1 fully saturated rings. The van der Waals surface area contributed by atoms with Crippen LogP contribution in [0.5, 0.6) is 0 Å².